The number of anilines is 2. The second kappa shape index (κ2) is 8.53. The van der Waals surface area contributed by atoms with E-state index >= 15 is 0 Å². The van der Waals surface area contributed by atoms with Crippen molar-refractivity contribution in [3.05, 3.63) is 48.2 Å². The molecule has 0 aliphatic carbocycles. The van der Waals surface area contributed by atoms with Crippen molar-refractivity contribution in [3.8, 4) is 12.3 Å². The average molecular weight is 422 g/mol. The summed E-state index contributed by atoms with van der Waals surface area (Å²) in [5.41, 5.74) is 3.10. The number of pyridine rings is 1. The highest BCUT2D eigenvalue weighted by Crippen LogP contribution is 2.41. The van der Waals surface area contributed by atoms with Gasteiger partial charge in [-0.2, -0.15) is 13.2 Å². The molecule has 154 valence electrons. The van der Waals surface area contributed by atoms with Crippen molar-refractivity contribution in [3.63, 3.8) is 0 Å². The molecule has 5 nitrogen and oxygen atoms in total. The van der Waals surface area contributed by atoms with Crippen LogP contribution in [0.15, 0.2) is 47.5 Å². The zero-order valence-corrected chi connectivity index (χ0v) is 16.4. The second-order valence-electron chi connectivity index (χ2n) is 6.71. The lowest BCUT2D eigenvalue weighted by Crippen LogP contribution is -2.44. The standard InChI is InChI=1S/C20H21F3N4OS/c1-2-9-19(28,20(21,22)23)15-3-5-16(6-4-15)26-10-12-27(13-11-26)29-17-7-8-18(24)25-14-17/h1,3-8,14,28H,9-13H2,(H2,24,25). The fourth-order valence-corrected chi connectivity index (χ4v) is 3.97. The minimum absolute atomic E-state index is 0.253. The molecule has 0 bridgehead atoms. The first-order valence-electron chi connectivity index (χ1n) is 8.95. The highest BCUT2D eigenvalue weighted by atomic mass is 32.2. The molecular formula is C20H21F3N4OS. The van der Waals surface area contributed by atoms with Gasteiger partial charge in [0.2, 0.25) is 0 Å². The van der Waals surface area contributed by atoms with E-state index in [0.29, 0.717) is 5.82 Å². The summed E-state index contributed by atoms with van der Waals surface area (Å²) in [6.07, 6.45) is 1.09. The summed E-state index contributed by atoms with van der Waals surface area (Å²) in [5, 5.41) is 10.1. The predicted molar refractivity (Wildman–Crippen MR) is 108 cm³/mol. The van der Waals surface area contributed by atoms with E-state index in [1.165, 1.54) is 12.1 Å². The van der Waals surface area contributed by atoms with Crippen LogP contribution in [-0.2, 0) is 5.60 Å². The Morgan fingerprint density at radius 1 is 1.10 bits per heavy atom. The van der Waals surface area contributed by atoms with Crippen molar-refractivity contribution in [2.24, 2.45) is 0 Å². The SMILES string of the molecule is C#CCC(O)(c1ccc(N2CCN(Sc3ccc(N)nc3)CC2)cc1)C(F)(F)F. The Morgan fingerprint density at radius 2 is 1.76 bits per heavy atom. The molecular weight excluding hydrogens is 401 g/mol. The Hall–Kier alpha value is -2.41. The van der Waals surface area contributed by atoms with Gasteiger partial charge in [0.15, 0.2) is 5.60 Å². The number of benzene rings is 1. The number of hydrogen-bond acceptors (Lipinski definition) is 6. The van der Waals surface area contributed by atoms with E-state index in [9.17, 15) is 18.3 Å². The normalized spacial score (nSPS) is 17.6. The number of nitrogens with zero attached hydrogens (tertiary/aromatic N) is 3. The first-order chi connectivity index (χ1) is 13.7. The van der Waals surface area contributed by atoms with Gasteiger partial charge in [0.05, 0.1) is 6.42 Å². The molecule has 1 fully saturated rings. The van der Waals surface area contributed by atoms with E-state index < -0.39 is 18.2 Å². The average Bonchev–Trinajstić information content (AvgIpc) is 2.70. The van der Waals surface area contributed by atoms with Crippen LogP contribution in [0.2, 0.25) is 0 Å². The number of aliphatic hydroxyl groups is 1. The highest BCUT2D eigenvalue weighted by Gasteiger charge is 2.54. The highest BCUT2D eigenvalue weighted by molar-refractivity contribution is 7.97. The van der Waals surface area contributed by atoms with E-state index in [1.54, 1.807) is 36.3 Å². The third kappa shape index (κ3) is 4.78. The van der Waals surface area contributed by atoms with Gasteiger partial charge < -0.3 is 15.7 Å². The molecule has 9 heteroatoms. The van der Waals surface area contributed by atoms with Gasteiger partial charge in [-0.15, -0.1) is 12.3 Å². The maximum atomic E-state index is 13.3. The van der Waals surface area contributed by atoms with E-state index in [1.807, 2.05) is 12.0 Å². The molecule has 1 aromatic heterocycles. The number of aromatic nitrogens is 1. The number of piperazine rings is 1. The van der Waals surface area contributed by atoms with Crippen LogP contribution < -0.4 is 10.6 Å². The van der Waals surface area contributed by atoms with E-state index in [2.05, 4.69) is 14.2 Å². The van der Waals surface area contributed by atoms with E-state index in [-0.39, 0.29) is 5.56 Å². The van der Waals surface area contributed by atoms with Gasteiger partial charge in [-0.05, 0) is 41.8 Å². The second-order valence-corrected chi connectivity index (χ2v) is 7.88. The van der Waals surface area contributed by atoms with Gasteiger partial charge in [-0.25, -0.2) is 9.29 Å². The largest absolute Gasteiger partial charge is 0.422 e. The van der Waals surface area contributed by atoms with Gasteiger partial charge >= 0.3 is 6.18 Å². The number of nitrogens with two attached hydrogens (primary N) is 1. The first-order valence-corrected chi connectivity index (χ1v) is 9.73. The molecule has 1 unspecified atom stereocenters. The fourth-order valence-electron chi connectivity index (χ4n) is 3.09. The van der Waals surface area contributed by atoms with Crippen molar-refractivity contribution in [1.82, 2.24) is 9.29 Å². The molecule has 1 aliphatic rings. The molecule has 3 rings (SSSR count). The summed E-state index contributed by atoms with van der Waals surface area (Å²) >= 11 is 1.60. The quantitative estimate of drug-likeness (QED) is 0.570. The Labute approximate surface area is 171 Å². The molecule has 1 aromatic carbocycles. The number of nitrogen functional groups attached to an aromatic ring is 1. The van der Waals surface area contributed by atoms with Gasteiger partial charge in [0.25, 0.3) is 0 Å². The topological polar surface area (TPSA) is 65.6 Å². The summed E-state index contributed by atoms with van der Waals surface area (Å²) in [7, 11) is 0. The van der Waals surface area contributed by atoms with Gasteiger partial charge in [-0.1, -0.05) is 12.1 Å². The molecule has 1 saturated heterocycles. The molecule has 0 spiro atoms. The fraction of sp³-hybridized carbons (Fsp3) is 0.350. The Morgan fingerprint density at radius 3 is 2.28 bits per heavy atom. The van der Waals surface area contributed by atoms with Gasteiger partial charge in [-0.3, -0.25) is 0 Å². The van der Waals surface area contributed by atoms with Crippen LogP contribution in [0, 0.1) is 12.3 Å². The van der Waals surface area contributed by atoms with Gasteiger partial charge in [0, 0.05) is 43.0 Å². The smallest absolute Gasteiger partial charge is 0.384 e. The van der Waals surface area contributed by atoms with Crippen LogP contribution in [0.5, 0.6) is 0 Å². The third-order valence-electron chi connectivity index (χ3n) is 4.77. The molecule has 0 amide bonds. The van der Waals surface area contributed by atoms with Crippen LogP contribution >= 0.6 is 11.9 Å². The maximum absolute atomic E-state index is 13.3. The van der Waals surface area contributed by atoms with Gasteiger partial charge in [0.1, 0.15) is 5.82 Å². The maximum Gasteiger partial charge on any atom is 0.422 e. The Kier molecular flexibility index (Phi) is 6.27. The number of alkyl halides is 3. The number of hydrogen-bond donors (Lipinski definition) is 2. The molecule has 2 aromatic rings. The van der Waals surface area contributed by atoms with Crippen LogP contribution in [0.25, 0.3) is 0 Å². The third-order valence-corrected chi connectivity index (χ3v) is 5.84. The van der Waals surface area contributed by atoms with Crippen molar-refractivity contribution in [2.75, 3.05) is 36.8 Å². The Bertz CT molecular complexity index is 859. The summed E-state index contributed by atoms with van der Waals surface area (Å²) in [4.78, 5) is 7.16. The summed E-state index contributed by atoms with van der Waals surface area (Å²) in [5.74, 6) is 2.39. The van der Waals surface area contributed by atoms with Crippen molar-refractivity contribution in [2.45, 2.75) is 23.1 Å². The minimum Gasteiger partial charge on any atom is -0.384 e. The van der Waals surface area contributed by atoms with E-state index in [4.69, 9.17) is 12.2 Å². The number of rotatable bonds is 5. The van der Waals surface area contributed by atoms with Crippen molar-refractivity contribution < 1.29 is 18.3 Å². The van der Waals surface area contributed by atoms with Crippen LogP contribution in [-0.4, -0.2) is 46.8 Å². The number of halogens is 3. The van der Waals surface area contributed by atoms with E-state index in [0.717, 1.165) is 36.8 Å². The summed E-state index contributed by atoms with van der Waals surface area (Å²) in [6.45, 7) is 3.01. The minimum atomic E-state index is -4.85. The molecule has 0 saturated carbocycles. The predicted octanol–water partition coefficient (Wildman–Crippen LogP) is 3.27. The summed E-state index contributed by atoms with van der Waals surface area (Å²) in [6, 6.07) is 9.44. The zero-order chi connectivity index (χ0) is 21.1. The van der Waals surface area contributed by atoms with Crippen molar-refractivity contribution >= 4 is 23.5 Å². The Balaban J connectivity index is 1.63. The monoisotopic (exact) mass is 422 g/mol. The number of terminal acetylenes is 1. The van der Waals surface area contributed by atoms with Crippen LogP contribution in [0.4, 0.5) is 24.7 Å². The lowest BCUT2D eigenvalue weighted by atomic mass is 9.90. The van der Waals surface area contributed by atoms with Crippen LogP contribution in [0.3, 0.4) is 0 Å². The first kappa shape index (κ1) is 21.3. The molecule has 0 radical (unpaired) electrons. The molecule has 1 atom stereocenters. The zero-order valence-electron chi connectivity index (χ0n) is 15.6. The molecule has 3 N–H and O–H groups in total. The van der Waals surface area contributed by atoms with Crippen LogP contribution in [0.1, 0.15) is 12.0 Å². The lowest BCUT2D eigenvalue weighted by Gasteiger charge is -2.35. The molecule has 29 heavy (non-hydrogen) atoms. The molecule has 1 aliphatic heterocycles. The van der Waals surface area contributed by atoms with Crippen molar-refractivity contribution in [1.29, 1.82) is 0 Å². The summed E-state index contributed by atoms with van der Waals surface area (Å²) < 4.78 is 42.1. The molecule has 2 heterocycles. The lowest BCUT2D eigenvalue weighted by molar-refractivity contribution is -0.264.